The Hall–Kier alpha value is -2.37. The molecular weight excluding hydrogens is 270 g/mol. The van der Waals surface area contributed by atoms with Crippen LogP contribution in [0, 0.1) is 5.92 Å². The summed E-state index contributed by atoms with van der Waals surface area (Å²) in [5.41, 5.74) is 0.729. The molecule has 0 unspecified atom stereocenters. The summed E-state index contributed by atoms with van der Waals surface area (Å²) in [5.74, 6) is 1.70. The molecule has 0 radical (unpaired) electrons. The molecule has 0 aliphatic heterocycles. The second-order valence-electron chi connectivity index (χ2n) is 5.08. The zero-order valence-corrected chi connectivity index (χ0v) is 12.4. The van der Waals surface area contributed by atoms with Gasteiger partial charge in [0.05, 0.1) is 19.2 Å². The van der Waals surface area contributed by atoms with Crippen LogP contribution in [0.3, 0.4) is 0 Å². The molecule has 112 valence electrons. The molecule has 21 heavy (non-hydrogen) atoms. The fourth-order valence-corrected chi connectivity index (χ4v) is 1.87. The quantitative estimate of drug-likeness (QED) is 0.883. The van der Waals surface area contributed by atoms with Crippen molar-refractivity contribution in [3.8, 4) is 17.2 Å². The average Bonchev–Trinajstić information content (AvgIpc) is 2.93. The minimum Gasteiger partial charge on any atom is -0.496 e. The third-order valence-electron chi connectivity index (χ3n) is 2.83. The Morgan fingerprint density at radius 1 is 1.33 bits per heavy atom. The van der Waals surface area contributed by atoms with Gasteiger partial charge in [0.25, 0.3) is 5.89 Å². The number of nitrogens with zero attached hydrogens (tertiary/aromatic N) is 2. The molecule has 0 atom stereocenters. The van der Waals surface area contributed by atoms with E-state index in [0.29, 0.717) is 29.9 Å². The lowest BCUT2D eigenvalue weighted by molar-refractivity contribution is -0.122. The Bertz CT molecular complexity index is 608. The van der Waals surface area contributed by atoms with E-state index in [4.69, 9.17) is 9.15 Å². The van der Waals surface area contributed by atoms with Gasteiger partial charge in [-0.3, -0.25) is 4.79 Å². The topological polar surface area (TPSA) is 77.3 Å². The van der Waals surface area contributed by atoms with E-state index in [9.17, 15) is 4.79 Å². The molecule has 0 saturated carbocycles. The summed E-state index contributed by atoms with van der Waals surface area (Å²) in [4.78, 5) is 11.6. The number of carbonyl (C=O) groups excluding carboxylic acids is 1. The van der Waals surface area contributed by atoms with E-state index in [1.54, 1.807) is 7.11 Å². The number of rotatable bonds is 6. The maximum Gasteiger partial charge on any atom is 0.251 e. The molecule has 1 heterocycles. The van der Waals surface area contributed by atoms with Crippen LogP contribution in [0.4, 0.5) is 0 Å². The molecule has 0 aliphatic carbocycles. The highest BCUT2D eigenvalue weighted by Crippen LogP contribution is 2.28. The second kappa shape index (κ2) is 6.88. The smallest absolute Gasteiger partial charge is 0.251 e. The Balaban J connectivity index is 2.03. The van der Waals surface area contributed by atoms with E-state index < -0.39 is 0 Å². The number of hydrogen-bond donors (Lipinski definition) is 1. The first-order valence-electron chi connectivity index (χ1n) is 6.82. The summed E-state index contributed by atoms with van der Waals surface area (Å²) in [6.45, 7) is 4.21. The molecule has 6 heteroatoms. The highest BCUT2D eigenvalue weighted by atomic mass is 16.5. The van der Waals surface area contributed by atoms with Gasteiger partial charge in [-0.25, -0.2) is 0 Å². The van der Waals surface area contributed by atoms with Crippen LogP contribution in [-0.4, -0.2) is 23.2 Å². The first-order valence-corrected chi connectivity index (χ1v) is 6.82. The molecule has 1 aromatic heterocycles. The van der Waals surface area contributed by atoms with Gasteiger partial charge in [0.2, 0.25) is 11.8 Å². The minimum absolute atomic E-state index is 0.0259. The minimum atomic E-state index is -0.0259. The first-order chi connectivity index (χ1) is 10.1. The van der Waals surface area contributed by atoms with Crippen molar-refractivity contribution in [2.45, 2.75) is 26.8 Å². The van der Waals surface area contributed by atoms with Gasteiger partial charge in [0.1, 0.15) is 5.75 Å². The van der Waals surface area contributed by atoms with Gasteiger partial charge in [0.15, 0.2) is 0 Å². The van der Waals surface area contributed by atoms with Crippen LogP contribution in [0.5, 0.6) is 5.75 Å². The zero-order valence-electron chi connectivity index (χ0n) is 12.4. The van der Waals surface area contributed by atoms with Crippen molar-refractivity contribution in [3.05, 3.63) is 30.2 Å². The van der Waals surface area contributed by atoms with Gasteiger partial charge in [0, 0.05) is 6.42 Å². The van der Waals surface area contributed by atoms with Gasteiger partial charge < -0.3 is 14.5 Å². The third-order valence-corrected chi connectivity index (χ3v) is 2.83. The predicted molar refractivity (Wildman–Crippen MR) is 77.6 cm³/mol. The maximum atomic E-state index is 11.6. The highest BCUT2D eigenvalue weighted by Gasteiger charge is 2.13. The molecule has 1 aromatic carbocycles. The van der Waals surface area contributed by atoms with Crippen molar-refractivity contribution in [3.63, 3.8) is 0 Å². The number of ether oxygens (including phenoxy) is 1. The molecule has 0 saturated heterocycles. The molecule has 2 aromatic rings. The van der Waals surface area contributed by atoms with Crippen molar-refractivity contribution in [2.24, 2.45) is 5.92 Å². The Morgan fingerprint density at radius 2 is 2.10 bits per heavy atom. The summed E-state index contributed by atoms with van der Waals surface area (Å²) in [7, 11) is 1.59. The van der Waals surface area contributed by atoms with E-state index >= 15 is 0 Å². The number of carbonyl (C=O) groups is 1. The fourth-order valence-electron chi connectivity index (χ4n) is 1.87. The molecular formula is C15H19N3O3. The summed E-state index contributed by atoms with van der Waals surface area (Å²) < 4.78 is 10.8. The predicted octanol–water partition coefficient (Wildman–Crippen LogP) is 2.41. The van der Waals surface area contributed by atoms with E-state index in [-0.39, 0.29) is 12.5 Å². The van der Waals surface area contributed by atoms with Gasteiger partial charge >= 0.3 is 0 Å². The Morgan fingerprint density at radius 3 is 2.81 bits per heavy atom. The zero-order chi connectivity index (χ0) is 15.2. The summed E-state index contributed by atoms with van der Waals surface area (Å²) >= 11 is 0. The molecule has 0 fully saturated rings. The largest absolute Gasteiger partial charge is 0.496 e. The van der Waals surface area contributed by atoms with Crippen molar-refractivity contribution < 1.29 is 13.9 Å². The van der Waals surface area contributed by atoms with Gasteiger partial charge in [-0.05, 0) is 18.1 Å². The summed E-state index contributed by atoms with van der Waals surface area (Å²) in [6.07, 6.45) is 0.480. The van der Waals surface area contributed by atoms with Crippen molar-refractivity contribution in [2.75, 3.05) is 7.11 Å². The molecule has 0 aliphatic rings. The number of nitrogens with one attached hydrogen (secondary N) is 1. The highest BCUT2D eigenvalue weighted by molar-refractivity contribution is 5.75. The molecule has 0 bridgehead atoms. The third kappa shape index (κ3) is 4.05. The average molecular weight is 289 g/mol. The van der Waals surface area contributed by atoms with Crippen LogP contribution >= 0.6 is 0 Å². The van der Waals surface area contributed by atoms with Gasteiger partial charge in [-0.2, -0.15) is 0 Å². The number of para-hydroxylation sites is 1. The van der Waals surface area contributed by atoms with Crippen molar-refractivity contribution in [1.82, 2.24) is 15.5 Å². The van der Waals surface area contributed by atoms with Crippen LogP contribution in [-0.2, 0) is 11.3 Å². The standard InChI is InChI=1S/C15H19N3O3/c1-10(2)8-13(19)16-9-14-17-18-15(21-14)11-6-4-5-7-12(11)20-3/h4-7,10H,8-9H2,1-3H3,(H,16,19). The van der Waals surface area contributed by atoms with Gasteiger partial charge in [-0.1, -0.05) is 26.0 Å². The van der Waals surface area contributed by atoms with Crippen LogP contribution < -0.4 is 10.1 Å². The van der Waals surface area contributed by atoms with Crippen LogP contribution in [0.1, 0.15) is 26.2 Å². The van der Waals surface area contributed by atoms with Crippen molar-refractivity contribution in [1.29, 1.82) is 0 Å². The fraction of sp³-hybridized carbons (Fsp3) is 0.400. The Labute approximate surface area is 123 Å². The van der Waals surface area contributed by atoms with Crippen molar-refractivity contribution >= 4 is 5.91 Å². The van der Waals surface area contributed by atoms with E-state index in [2.05, 4.69) is 15.5 Å². The first kappa shape index (κ1) is 15.0. The summed E-state index contributed by atoms with van der Waals surface area (Å²) in [6, 6.07) is 7.40. The van der Waals surface area contributed by atoms with Gasteiger partial charge in [-0.15, -0.1) is 10.2 Å². The lowest BCUT2D eigenvalue weighted by Crippen LogP contribution is -2.24. The molecule has 0 spiro atoms. The monoisotopic (exact) mass is 289 g/mol. The number of hydrogen-bond acceptors (Lipinski definition) is 5. The van der Waals surface area contributed by atoms with Crippen LogP contribution in [0.15, 0.2) is 28.7 Å². The lowest BCUT2D eigenvalue weighted by Gasteiger charge is -2.05. The van der Waals surface area contributed by atoms with Crippen LogP contribution in [0.2, 0.25) is 0 Å². The van der Waals surface area contributed by atoms with E-state index in [1.165, 1.54) is 0 Å². The normalized spacial score (nSPS) is 10.7. The number of amides is 1. The molecule has 1 amide bonds. The molecule has 6 nitrogen and oxygen atoms in total. The number of methoxy groups -OCH3 is 1. The lowest BCUT2D eigenvalue weighted by atomic mass is 10.1. The Kier molecular flexibility index (Phi) is 4.92. The van der Waals surface area contributed by atoms with E-state index in [1.807, 2.05) is 38.1 Å². The number of aromatic nitrogens is 2. The maximum absolute atomic E-state index is 11.6. The molecule has 1 N–H and O–H groups in total. The van der Waals surface area contributed by atoms with E-state index in [0.717, 1.165) is 5.56 Å². The number of benzene rings is 1. The summed E-state index contributed by atoms with van der Waals surface area (Å²) in [5, 5.41) is 10.7. The second-order valence-corrected chi connectivity index (χ2v) is 5.08. The SMILES string of the molecule is COc1ccccc1-c1nnc(CNC(=O)CC(C)C)o1. The van der Waals surface area contributed by atoms with Crippen LogP contribution in [0.25, 0.3) is 11.5 Å². The molecule has 2 rings (SSSR count).